The minimum absolute atomic E-state index is 0.00844. The first-order valence-electron chi connectivity index (χ1n) is 9.50. The lowest BCUT2D eigenvalue weighted by molar-refractivity contribution is -0.132. The highest BCUT2D eigenvalue weighted by molar-refractivity contribution is 6.42. The predicted molar refractivity (Wildman–Crippen MR) is 99.9 cm³/mol. The third-order valence-corrected chi connectivity index (χ3v) is 5.28. The van der Waals surface area contributed by atoms with Gasteiger partial charge in [0.1, 0.15) is 0 Å². The third kappa shape index (κ3) is 4.32. The van der Waals surface area contributed by atoms with Crippen molar-refractivity contribution in [2.75, 3.05) is 13.1 Å². The van der Waals surface area contributed by atoms with Gasteiger partial charge in [0.05, 0.1) is 0 Å². The third-order valence-electron chi connectivity index (χ3n) is 5.28. The van der Waals surface area contributed by atoms with Gasteiger partial charge in [-0.3, -0.25) is 14.4 Å². The smallest absolute Gasteiger partial charge is 0.294 e. The summed E-state index contributed by atoms with van der Waals surface area (Å²) in [5.41, 5.74) is 1.56. The van der Waals surface area contributed by atoms with E-state index < -0.39 is 11.7 Å². The fourth-order valence-corrected chi connectivity index (χ4v) is 3.28. The van der Waals surface area contributed by atoms with Crippen LogP contribution in [0.3, 0.4) is 0 Å². The van der Waals surface area contributed by atoms with Gasteiger partial charge in [-0.05, 0) is 36.7 Å². The molecule has 0 spiro atoms. The van der Waals surface area contributed by atoms with Crippen LogP contribution in [0.4, 0.5) is 0 Å². The van der Waals surface area contributed by atoms with E-state index in [1.54, 1.807) is 17.0 Å². The zero-order valence-corrected chi connectivity index (χ0v) is 15.9. The second kappa shape index (κ2) is 7.22. The normalized spacial score (nSPS) is 18.5. The Labute approximate surface area is 155 Å². The Morgan fingerprint density at radius 3 is 2.04 bits per heavy atom. The number of nitrogens with one attached hydrogen (secondary N) is 1. The molecule has 1 N–H and O–H groups in total. The van der Waals surface area contributed by atoms with Gasteiger partial charge >= 0.3 is 0 Å². The van der Waals surface area contributed by atoms with Gasteiger partial charge in [0.25, 0.3) is 5.91 Å². The summed E-state index contributed by atoms with van der Waals surface area (Å²) in [5.74, 6) is -0.870. The molecule has 26 heavy (non-hydrogen) atoms. The van der Waals surface area contributed by atoms with Gasteiger partial charge in [-0.15, -0.1) is 0 Å². The lowest BCUT2D eigenvalue weighted by Crippen LogP contribution is -2.45. The maximum absolute atomic E-state index is 12.5. The van der Waals surface area contributed by atoms with E-state index in [0.717, 1.165) is 18.4 Å². The Kier molecular flexibility index (Phi) is 5.17. The molecule has 1 aromatic rings. The minimum atomic E-state index is -0.466. The summed E-state index contributed by atoms with van der Waals surface area (Å²) in [6.45, 7) is 7.26. The predicted octanol–water partition coefficient (Wildman–Crippen LogP) is 2.68. The van der Waals surface area contributed by atoms with Crippen molar-refractivity contribution in [2.45, 2.75) is 57.9 Å². The van der Waals surface area contributed by atoms with Crippen LogP contribution < -0.4 is 5.32 Å². The largest absolute Gasteiger partial charge is 0.353 e. The molecule has 2 amide bonds. The van der Waals surface area contributed by atoms with E-state index >= 15 is 0 Å². The Bertz CT molecular complexity index is 691. The molecule has 1 aliphatic heterocycles. The lowest BCUT2D eigenvalue weighted by atomic mass is 9.86. The van der Waals surface area contributed by atoms with Gasteiger partial charge in [0.15, 0.2) is 0 Å². The van der Waals surface area contributed by atoms with E-state index in [1.165, 1.54) is 0 Å². The topological polar surface area (TPSA) is 66.5 Å². The summed E-state index contributed by atoms with van der Waals surface area (Å²) >= 11 is 0. The first-order chi connectivity index (χ1) is 12.3. The van der Waals surface area contributed by atoms with Gasteiger partial charge in [0.2, 0.25) is 11.7 Å². The van der Waals surface area contributed by atoms with E-state index in [2.05, 4.69) is 26.1 Å². The van der Waals surface area contributed by atoms with Crippen LogP contribution >= 0.6 is 0 Å². The van der Waals surface area contributed by atoms with E-state index in [-0.39, 0.29) is 17.2 Å². The molecule has 1 aliphatic carbocycles. The van der Waals surface area contributed by atoms with Crippen molar-refractivity contribution >= 4 is 17.6 Å². The van der Waals surface area contributed by atoms with E-state index in [4.69, 9.17) is 0 Å². The molecule has 5 nitrogen and oxygen atoms in total. The number of carbonyl (C=O) groups is 3. The first kappa shape index (κ1) is 18.6. The highest BCUT2D eigenvalue weighted by atomic mass is 16.2. The molecule has 0 atom stereocenters. The van der Waals surface area contributed by atoms with E-state index in [1.807, 2.05) is 12.1 Å². The maximum Gasteiger partial charge on any atom is 0.294 e. The molecular formula is C21H28N2O3. The Morgan fingerprint density at radius 1 is 0.962 bits per heavy atom. The van der Waals surface area contributed by atoms with Crippen LogP contribution in [0.25, 0.3) is 0 Å². The molecular weight excluding hydrogens is 328 g/mol. The standard InChI is InChI=1S/C21H28N2O3/c1-21(2,3)16-6-4-14(5-7-16)18(24)20(26)23-12-10-15(11-13-23)19(25)22-17-8-9-17/h4-7,15,17H,8-13H2,1-3H3,(H,22,25). The van der Waals surface area contributed by atoms with Crippen LogP contribution in [-0.2, 0) is 15.0 Å². The van der Waals surface area contributed by atoms with Crippen molar-refractivity contribution in [3.63, 3.8) is 0 Å². The SMILES string of the molecule is CC(C)(C)c1ccc(C(=O)C(=O)N2CCC(C(=O)NC3CC3)CC2)cc1. The van der Waals surface area contributed by atoms with Crippen LogP contribution in [0.1, 0.15) is 62.4 Å². The maximum atomic E-state index is 12.5. The Balaban J connectivity index is 1.55. The van der Waals surface area contributed by atoms with Crippen LogP contribution in [0.2, 0.25) is 0 Å². The van der Waals surface area contributed by atoms with E-state index in [9.17, 15) is 14.4 Å². The lowest BCUT2D eigenvalue weighted by Gasteiger charge is -2.31. The van der Waals surface area contributed by atoms with Gasteiger partial charge < -0.3 is 10.2 Å². The number of benzene rings is 1. The Hall–Kier alpha value is -2.17. The molecule has 2 aliphatic rings. The zero-order valence-electron chi connectivity index (χ0n) is 15.9. The number of carbonyl (C=O) groups excluding carboxylic acids is 3. The highest BCUT2D eigenvalue weighted by Gasteiger charge is 2.32. The average Bonchev–Trinajstić information content (AvgIpc) is 3.44. The van der Waals surface area contributed by atoms with Crippen molar-refractivity contribution in [1.82, 2.24) is 10.2 Å². The van der Waals surface area contributed by atoms with E-state index in [0.29, 0.717) is 37.5 Å². The van der Waals surface area contributed by atoms with Gasteiger partial charge in [-0.25, -0.2) is 0 Å². The molecule has 1 aromatic carbocycles. The number of piperidine rings is 1. The molecule has 1 saturated heterocycles. The van der Waals surface area contributed by atoms with Crippen molar-refractivity contribution in [2.24, 2.45) is 5.92 Å². The molecule has 0 unspecified atom stereocenters. The number of hydrogen-bond donors (Lipinski definition) is 1. The quantitative estimate of drug-likeness (QED) is 0.666. The summed E-state index contributed by atoms with van der Waals surface area (Å²) in [7, 11) is 0. The number of hydrogen-bond acceptors (Lipinski definition) is 3. The fraction of sp³-hybridized carbons (Fsp3) is 0.571. The fourth-order valence-electron chi connectivity index (χ4n) is 3.28. The molecule has 0 radical (unpaired) electrons. The minimum Gasteiger partial charge on any atom is -0.353 e. The molecule has 0 bridgehead atoms. The van der Waals surface area contributed by atoms with Crippen LogP contribution in [0, 0.1) is 5.92 Å². The number of nitrogens with zero attached hydrogens (tertiary/aromatic N) is 1. The summed E-state index contributed by atoms with van der Waals surface area (Å²) in [4.78, 5) is 38.7. The second-order valence-electron chi connectivity index (χ2n) is 8.51. The molecule has 0 aromatic heterocycles. The molecule has 2 fully saturated rings. The Morgan fingerprint density at radius 2 is 1.54 bits per heavy atom. The number of likely N-dealkylation sites (tertiary alicyclic amines) is 1. The second-order valence-corrected chi connectivity index (χ2v) is 8.51. The summed E-state index contributed by atoms with van der Waals surface area (Å²) in [6.07, 6.45) is 3.40. The monoisotopic (exact) mass is 356 g/mol. The van der Waals surface area contributed by atoms with Gasteiger partial charge in [-0.1, -0.05) is 45.0 Å². The van der Waals surface area contributed by atoms with Gasteiger partial charge in [0, 0.05) is 30.6 Å². The molecule has 5 heteroatoms. The van der Waals surface area contributed by atoms with Crippen molar-refractivity contribution < 1.29 is 14.4 Å². The molecule has 1 saturated carbocycles. The number of rotatable bonds is 4. The number of ketones is 1. The summed E-state index contributed by atoms with van der Waals surface area (Å²) in [5, 5.41) is 3.02. The van der Waals surface area contributed by atoms with Crippen molar-refractivity contribution in [1.29, 1.82) is 0 Å². The molecule has 140 valence electrons. The van der Waals surface area contributed by atoms with Crippen molar-refractivity contribution in [3.05, 3.63) is 35.4 Å². The summed E-state index contributed by atoms with van der Waals surface area (Å²) < 4.78 is 0. The molecule has 3 rings (SSSR count). The zero-order chi connectivity index (χ0) is 18.9. The average molecular weight is 356 g/mol. The number of Topliss-reactive ketones (excluding diaryl/α,β-unsaturated/α-hetero) is 1. The van der Waals surface area contributed by atoms with Crippen LogP contribution in [0.15, 0.2) is 24.3 Å². The number of amides is 2. The van der Waals surface area contributed by atoms with Gasteiger partial charge in [-0.2, -0.15) is 0 Å². The molecule has 1 heterocycles. The van der Waals surface area contributed by atoms with Crippen LogP contribution in [-0.4, -0.2) is 41.6 Å². The highest BCUT2D eigenvalue weighted by Crippen LogP contribution is 2.24. The van der Waals surface area contributed by atoms with Crippen molar-refractivity contribution in [3.8, 4) is 0 Å². The summed E-state index contributed by atoms with van der Waals surface area (Å²) in [6, 6.07) is 7.65. The van der Waals surface area contributed by atoms with Crippen LogP contribution in [0.5, 0.6) is 0 Å². The first-order valence-corrected chi connectivity index (χ1v) is 9.50.